The van der Waals surface area contributed by atoms with Gasteiger partial charge in [-0.3, -0.25) is 0 Å². The van der Waals surface area contributed by atoms with E-state index in [2.05, 4.69) is 0 Å². The molecule has 0 saturated carbocycles. The van der Waals surface area contributed by atoms with E-state index in [4.69, 9.17) is 40.5 Å². The summed E-state index contributed by atoms with van der Waals surface area (Å²) < 4.78 is 0. The fourth-order valence-corrected chi connectivity index (χ4v) is 0. The van der Waals surface area contributed by atoms with Crippen LogP contribution in [0.4, 0.5) is 0 Å². The summed E-state index contributed by atoms with van der Waals surface area (Å²) in [5.41, 5.74) is 0. The Morgan fingerprint density at radius 1 is 0.571 bits per heavy atom. The van der Waals surface area contributed by atoms with Crippen molar-refractivity contribution < 1.29 is 21.1 Å². The minimum Gasteiger partial charge on any atom is -0.444 e. The van der Waals surface area contributed by atoms with Crippen LogP contribution in [0.2, 0.25) is 0 Å². The maximum absolute atomic E-state index is 8.00. The number of hydrogen-bond acceptors (Lipinski definition) is 12. The molecular formula is KN4O8Pt-4. The second-order valence-corrected chi connectivity index (χ2v) is 0.298. The Hall–Kier alpha value is -0.0753. The van der Waals surface area contributed by atoms with Crippen LogP contribution in [0.5, 0.6) is 0 Å². The average molecular weight is 418 g/mol. The van der Waals surface area contributed by atoms with Crippen molar-refractivity contribution in [2.75, 3.05) is 0 Å². The largest absolute Gasteiger partial charge is 0.444 e. The molecule has 0 aliphatic carbocycles. The van der Waals surface area contributed by atoms with Crippen LogP contribution in [-0.2, 0) is 21.1 Å². The molecule has 0 bridgehead atoms. The Labute approximate surface area is 132 Å². The van der Waals surface area contributed by atoms with E-state index in [-0.39, 0.29) is 72.4 Å². The minimum absolute atomic E-state index is 0. The molecule has 0 aliphatic rings. The summed E-state index contributed by atoms with van der Waals surface area (Å²) in [6.07, 6.45) is 0. The van der Waals surface area contributed by atoms with E-state index in [1.165, 1.54) is 0 Å². The molecule has 0 atom stereocenters. The molecule has 0 aromatic heterocycles. The zero-order valence-corrected chi connectivity index (χ0v) is 11.8. The third-order valence-corrected chi connectivity index (χ3v) is 0. The van der Waals surface area contributed by atoms with Gasteiger partial charge in [-0.1, -0.05) is 0 Å². The SMILES string of the molecule is O=N[O-].O=N[O-].O=N[O-].O=N[O-].[K].[Pt]. The fourth-order valence-electron chi connectivity index (χ4n) is 0. The average Bonchev–Trinajstić information content (AvgIpc) is 1.92. The molecule has 14 heavy (non-hydrogen) atoms. The van der Waals surface area contributed by atoms with E-state index in [1.807, 2.05) is 0 Å². The van der Waals surface area contributed by atoms with E-state index in [9.17, 15) is 0 Å². The van der Waals surface area contributed by atoms with Gasteiger partial charge in [-0.25, -0.2) is 0 Å². The first-order chi connectivity index (χ1) is 5.66. The normalized spacial score (nSPS) is 3.43. The van der Waals surface area contributed by atoms with E-state index in [1.54, 1.807) is 0 Å². The molecular weight excluding hydrogens is 418 g/mol. The Bertz CT molecular complexity index is 75.3. The predicted octanol–water partition coefficient (Wildman–Crippen LogP) is 0.619. The van der Waals surface area contributed by atoms with Gasteiger partial charge in [-0.05, 0) is 0 Å². The van der Waals surface area contributed by atoms with Crippen LogP contribution in [0.1, 0.15) is 0 Å². The molecule has 0 unspecified atom stereocenters. The summed E-state index contributed by atoms with van der Waals surface area (Å²) in [4.78, 5) is 32.0. The van der Waals surface area contributed by atoms with E-state index >= 15 is 0 Å². The summed E-state index contributed by atoms with van der Waals surface area (Å²) in [7, 11) is 0. The number of nitrogens with zero attached hydrogens (tertiary/aromatic N) is 4. The molecule has 0 aromatic carbocycles. The third kappa shape index (κ3) is 251000. The van der Waals surface area contributed by atoms with Gasteiger partial charge < -0.3 is 40.5 Å². The van der Waals surface area contributed by atoms with Gasteiger partial charge in [0.25, 0.3) is 0 Å². The summed E-state index contributed by atoms with van der Waals surface area (Å²) in [5.74, 6) is 0. The molecule has 14 heteroatoms. The van der Waals surface area contributed by atoms with Crippen LogP contribution >= 0.6 is 0 Å². The second kappa shape index (κ2) is 119. The van der Waals surface area contributed by atoms with Gasteiger partial charge in [0.2, 0.25) is 0 Å². The number of hydrogen-bond donors (Lipinski definition) is 0. The smallest absolute Gasteiger partial charge is 0 e. The Morgan fingerprint density at radius 2 is 0.571 bits per heavy atom. The third-order valence-electron chi connectivity index (χ3n) is 0. The zero-order valence-electron chi connectivity index (χ0n) is 6.37. The first kappa shape index (κ1) is 37.0. The molecule has 83 valence electrons. The van der Waals surface area contributed by atoms with Crippen molar-refractivity contribution >= 4 is 51.4 Å². The van der Waals surface area contributed by atoms with Crippen molar-refractivity contribution in [3.8, 4) is 0 Å². The topological polar surface area (TPSA) is 210 Å². The molecule has 0 aliphatic heterocycles. The summed E-state index contributed by atoms with van der Waals surface area (Å²) in [6.45, 7) is 0. The Morgan fingerprint density at radius 3 is 0.571 bits per heavy atom. The molecule has 0 saturated heterocycles. The van der Waals surface area contributed by atoms with Crippen molar-refractivity contribution in [2.24, 2.45) is 21.4 Å². The van der Waals surface area contributed by atoms with Crippen LogP contribution in [0, 0.1) is 40.5 Å². The Balaban J connectivity index is -0.0000000145. The zero-order chi connectivity index (χ0) is 10.8. The maximum Gasteiger partial charge on any atom is 0 e. The standard InChI is InChI=1S/K.4HNO2.Pt/c;4*2-1-3;/h;4*(H,2,3);/p-4. The van der Waals surface area contributed by atoms with Crippen LogP contribution in [0.3, 0.4) is 0 Å². The van der Waals surface area contributed by atoms with Crippen molar-refractivity contribution in [2.45, 2.75) is 0 Å². The maximum atomic E-state index is 8.00. The fraction of sp³-hybridized carbons (Fsp3) is 0. The van der Waals surface area contributed by atoms with Gasteiger partial charge in [-0.15, -0.1) is 21.4 Å². The van der Waals surface area contributed by atoms with Crippen LogP contribution < -0.4 is 0 Å². The molecule has 0 aromatic rings. The summed E-state index contributed by atoms with van der Waals surface area (Å²) >= 11 is 0. The second-order valence-electron chi connectivity index (χ2n) is 0.298. The molecule has 0 N–H and O–H groups in total. The van der Waals surface area contributed by atoms with Crippen LogP contribution in [0.25, 0.3) is 0 Å². The van der Waals surface area contributed by atoms with Crippen LogP contribution in [0.15, 0.2) is 21.4 Å². The van der Waals surface area contributed by atoms with Crippen molar-refractivity contribution in [3.63, 3.8) is 0 Å². The van der Waals surface area contributed by atoms with Crippen molar-refractivity contribution in [1.82, 2.24) is 0 Å². The molecule has 1 radical (unpaired) electrons. The van der Waals surface area contributed by atoms with Crippen molar-refractivity contribution in [3.05, 3.63) is 40.5 Å². The minimum atomic E-state index is 0. The predicted molar refractivity (Wildman–Crippen MR) is 42.4 cm³/mol. The van der Waals surface area contributed by atoms with E-state index < -0.39 is 0 Å². The first-order valence-electron chi connectivity index (χ1n) is 1.46. The van der Waals surface area contributed by atoms with Gasteiger partial charge >= 0.3 is 0 Å². The van der Waals surface area contributed by atoms with Gasteiger partial charge in [0.15, 0.2) is 0 Å². The molecule has 0 spiro atoms. The van der Waals surface area contributed by atoms with Gasteiger partial charge in [0, 0.05) is 72.4 Å². The van der Waals surface area contributed by atoms with Crippen molar-refractivity contribution in [1.29, 1.82) is 0 Å². The summed E-state index contributed by atoms with van der Waals surface area (Å²) in [6, 6.07) is 0. The van der Waals surface area contributed by atoms with Gasteiger partial charge in [0.1, 0.15) is 0 Å². The summed E-state index contributed by atoms with van der Waals surface area (Å²) in [5, 5.41) is 36.0. The van der Waals surface area contributed by atoms with Gasteiger partial charge in [0.05, 0.1) is 0 Å². The van der Waals surface area contributed by atoms with E-state index in [0.29, 0.717) is 0 Å². The molecule has 0 heterocycles. The molecule has 0 rings (SSSR count). The monoisotopic (exact) mass is 418 g/mol. The van der Waals surface area contributed by atoms with E-state index in [0.717, 1.165) is 21.4 Å². The van der Waals surface area contributed by atoms with Gasteiger partial charge in [-0.2, -0.15) is 0 Å². The number of rotatable bonds is 0. The molecule has 0 fully saturated rings. The molecule has 0 amide bonds. The quantitative estimate of drug-likeness (QED) is 0.308. The van der Waals surface area contributed by atoms with Crippen LogP contribution in [-0.4, -0.2) is 51.4 Å². The first-order valence-corrected chi connectivity index (χ1v) is 1.46. The molecule has 12 nitrogen and oxygen atoms in total. The Kier molecular flexibility index (Phi) is 316.